The van der Waals surface area contributed by atoms with E-state index < -0.39 is 0 Å². The first kappa shape index (κ1) is 24.5. The second-order valence-electron chi connectivity index (χ2n) is 8.95. The average molecular weight is 480 g/mol. The molecular formula is C26H33N5O4. The molecule has 0 saturated carbocycles. The zero-order chi connectivity index (χ0) is 25.1. The molecule has 9 heteroatoms. The fourth-order valence-electron chi connectivity index (χ4n) is 4.64. The van der Waals surface area contributed by atoms with Gasteiger partial charge >= 0.3 is 6.03 Å². The summed E-state index contributed by atoms with van der Waals surface area (Å²) in [6.45, 7) is 3.95. The van der Waals surface area contributed by atoms with Crippen molar-refractivity contribution in [3.8, 4) is 11.5 Å². The summed E-state index contributed by atoms with van der Waals surface area (Å²) in [6, 6.07) is 11.2. The van der Waals surface area contributed by atoms with E-state index in [9.17, 15) is 9.59 Å². The van der Waals surface area contributed by atoms with Crippen molar-refractivity contribution in [2.24, 2.45) is 5.10 Å². The van der Waals surface area contributed by atoms with Crippen LogP contribution in [0.1, 0.15) is 30.0 Å². The number of anilines is 1. The van der Waals surface area contributed by atoms with E-state index in [-0.39, 0.29) is 18.0 Å². The normalized spacial score (nSPS) is 18.8. The molecule has 0 aromatic heterocycles. The molecular weight excluding hydrogens is 446 g/mol. The Morgan fingerprint density at radius 3 is 2.43 bits per heavy atom. The first-order chi connectivity index (χ1) is 16.9. The third-order valence-corrected chi connectivity index (χ3v) is 6.51. The lowest BCUT2D eigenvalue weighted by molar-refractivity contribution is -0.118. The Bertz CT molecular complexity index is 1130. The van der Waals surface area contributed by atoms with Crippen molar-refractivity contribution in [3.63, 3.8) is 0 Å². The second-order valence-corrected chi connectivity index (χ2v) is 8.95. The number of nitrogens with one attached hydrogen (secondary N) is 1. The SMILES string of the molecule is CNC(=O)N1N=C(c2ccc(N3CCCN(C)CC3=O)cc2)c2cc(OC)c(OC)cc2CC1C. The molecule has 35 heavy (non-hydrogen) atoms. The Morgan fingerprint density at radius 1 is 1.09 bits per heavy atom. The fraction of sp³-hybridized carbons (Fsp3) is 0.423. The molecule has 186 valence electrons. The number of amides is 3. The number of hydrogen-bond acceptors (Lipinski definition) is 6. The highest BCUT2D eigenvalue weighted by atomic mass is 16.5. The predicted octanol–water partition coefficient (Wildman–Crippen LogP) is 2.71. The molecule has 1 unspecified atom stereocenters. The summed E-state index contributed by atoms with van der Waals surface area (Å²) in [5.41, 5.74) is 4.23. The summed E-state index contributed by atoms with van der Waals surface area (Å²) in [6.07, 6.45) is 1.52. The molecule has 1 fully saturated rings. The van der Waals surface area contributed by atoms with E-state index >= 15 is 0 Å². The van der Waals surface area contributed by atoms with Gasteiger partial charge in [-0.1, -0.05) is 12.1 Å². The van der Waals surface area contributed by atoms with Gasteiger partial charge in [0.2, 0.25) is 5.91 Å². The lowest BCUT2D eigenvalue weighted by Gasteiger charge is -2.23. The van der Waals surface area contributed by atoms with Crippen molar-refractivity contribution in [1.82, 2.24) is 15.2 Å². The molecule has 0 spiro atoms. The third-order valence-electron chi connectivity index (χ3n) is 6.51. The van der Waals surface area contributed by atoms with Crippen LogP contribution in [0.2, 0.25) is 0 Å². The molecule has 1 N–H and O–H groups in total. The highest BCUT2D eigenvalue weighted by Crippen LogP contribution is 2.35. The number of nitrogens with zero attached hydrogens (tertiary/aromatic N) is 4. The van der Waals surface area contributed by atoms with Crippen molar-refractivity contribution >= 4 is 23.3 Å². The Morgan fingerprint density at radius 2 is 1.77 bits per heavy atom. The van der Waals surface area contributed by atoms with Gasteiger partial charge in [-0.3, -0.25) is 9.69 Å². The van der Waals surface area contributed by atoms with Crippen molar-refractivity contribution in [3.05, 3.63) is 53.1 Å². The highest BCUT2D eigenvalue weighted by Gasteiger charge is 2.29. The van der Waals surface area contributed by atoms with Crippen LogP contribution >= 0.6 is 0 Å². The van der Waals surface area contributed by atoms with E-state index in [1.165, 1.54) is 5.01 Å². The molecule has 0 radical (unpaired) electrons. The van der Waals surface area contributed by atoms with E-state index in [0.717, 1.165) is 35.3 Å². The maximum absolute atomic E-state index is 12.7. The zero-order valence-electron chi connectivity index (χ0n) is 21.0. The first-order valence-corrected chi connectivity index (χ1v) is 11.8. The van der Waals surface area contributed by atoms with E-state index in [0.29, 0.717) is 36.7 Å². The number of hydrogen-bond donors (Lipinski definition) is 1. The maximum Gasteiger partial charge on any atom is 0.337 e. The van der Waals surface area contributed by atoms with Crippen LogP contribution in [0.15, 0.2) is 41.5 Å². The van der Waals surface area contributed by atoms with Gasteiger partial charge < -0.3 is 19.7 Å². The molecule has 1 saturated heterocycles. The van der Waals surface area contributed by atoms with Crippen molar-refractivity contribution in [1.29, 1.82) is 0 Å². The van der Waals surface area contributed by atoms with Gasteiger partial charge in [0.15, 0.2) is 11.5 Å². The molecule has 2 aliphatic rings. The predicted molar refractivity (Wildman–Crippen MR) is 136 cm³/mol. The number of likely N-dealkylation sites (N-methyl/N-ethyl adjacent to an activating group) is 1. The van der Waals surface area contributed by atoms with Crippen LogP contribution in [0.5, 0.6) is 11.5 Å². The van der Waals surface area contributed by atoms with Crippen LogP contribution in [0.4, 0.5) is 10.5 Å². The molecule has 2 aromatic carbocycles. The Labute approximate surface area is 206 Å². The zero-order valence-corrected chi connectivity index (χ0v) is 21.0. The maximum atomic E-state index is 12.7. The molecule has 3 amide bonds. The fourth-order valence-corrected chi connectivity index (χ4v) is 4.64. The van der Waals surface area contributed by atoms with Crippen LogP contribution in [-0.4, -0.2) is 81.5 Å². The summed E-state index contributed by atoms with van der Waals surface area (Å²) in [4.78, 5) is 29.3. The average Bonchev–Trinajstić information content (AvgIpc) is 3.12. The van der Waals surface area contributed by atoms with Crippen LogP contribution in [-0.2, 0) is 11.2 Å². The molecule has 2 heterocycles. The van der Waals surface area contributed by atoms with E-state index in [1.54, 1.807) is 21.3 Å². The van der Waals surface area contributed by atoms with Crippen LogP contribution in [0, 0.1) is 0 Å². The van der Waals surface area contributed by atoms with Gasteiger partial charge in [-0.15, -0.1) is 0 Å². The van der Waals surface area contributed by atoms with Gasteiger partial charge in [0.1, 0.15) is 0 Å². The standard InChI is InChI=1S/C26H33N5O4/c1-17-13-19-14-22(34-4)23(35-5)15-21(19)25(28-31(17)26(33)27-2)18-7-9-20(10-8-18)30-12-6-11-29(3)16-24(30)32/h7-10,14-15,17H,6,11-13,16H2,1-5H3,(H,27,33). The number of ether oxygens (including phenoxy) is 2. The topological polar surface area (TPSA) is 86.7 Å². The van der Waals surface area contributed by atoms with Gasteiger partial charge in [0.05, 0.1) is 32.5 Å². The summed E-state index contributed by atoms with van der Waals surface area (Å²) in [5.74, 6) is 1.31. The highest BCUT2D eigenvalue weighted by molar-refractivity contribution is 6.14. The van der Waals surface area contributed by atoms with Gasteiger partial charge in [-0.25, -0.2) is 9.80 Å². The second kappa shape index (κ2) is 10.4. The van der Waals surface area contributed by atoms with Crippen molar-refractivity contribution < 1.29 is 19.1 Å². The van der Waals surface area contributed by atoms with Crippen LogP contribution in [0.25, 0.3) is 0 Å². The van der Waals surface area contributed by atoms with Gasteiger partial charge in [-0.2, -0.15) is 5.10 Å². The largest absolute Gasteiger partial charge is 0.493 e. The van der Waals surface area contributed by atoms with Crippen LogP contribution < -0.4 is 19.7 Å². The summed E-state index contributed by atoms with van der Waals surface area (Å²) in [7, 11) is 6.77. The lowest BCUT2D eigenvalue weighted by atomic mass is 9.94. The molecule has 9 nitrogen and oxygen atoms in total. The molecule has 4 rings (SSSR count). The number of carbonyl (C=O) groups excluding carboxylic acids is 2. The first-order valence-electron chi connectivity index (χ1n) is 11.8. The van der Waals surface area contributed by atoms with E-state index in [1.807, 2.05) is 60.2 Å². The van der Waals surface area contributed by atoms with E-state index in [2.05, 4.69) is 5.32 Å². The van der Waals surface area contributed by atoms with E-state index in [4.69, 9.17) is 14.6 Å². The van der Waals surface area contributed by atoms with Gasteiger partial charge in [0, 0.05) is 37.0 Å². The van der Waals surface area contributed by atoms with Gasteiger partial charge in [0.25, 0.3) is 0 Å². The number of methoxy groups -OCH3 is 2. The molecule has 0 aliphatic carbocycles. The van der Waals surface area contributed by atoms with Crippen molar-refractivity contribution in [2.75, 3.05) is 52.8 Å². The lowest BCUT2D eigenvalue weighted by Crippen LogP contribution is -2.41. The minimum absolute atomic E-state index is 0.0892. The molecule has 2 aromatic rings. The smallest absolute Gasteiger partial charge is 0.337 e. The monoisotopic (exact) mass is 479 g/mol. The van der Waals surface area contributed by atoms with Gasteiger partial charge in [-0.05, 0) is 56.6 Å². The summed E-state index contributed by atoms with van der Waals surface area (Å²) in [5, 5.41) is 8.97. The number of rotatable bonds is 4. The molecule has 0 bridgehead atoms. The quantitative estimate of drug-likeness (QED) is 0.729. The number of carbonyl (C=O) groups is 2. The minimum Gasteiger partial charge on any atom is -0.493 e. The summed E-state index contributed by atoms with van der Waals surface area (Å²) >= 11 is 0. The number of fused-ring (bicyclic) bond motifs is 1. The Hall–Kier alpha value is -3.59. The molecule has 2 aliphatic heterocycles. The Kier molecular flexibility index (Phi) is 7.25. The Balaban J connectivity index is 1.78. The summed E-state index contributed by atoms with van der Waals surface area (Å²) < 4.78 is 11.1. The van der Waals surface area contributed by atoms with Crippen LogP contribution in [0.3, 0.4) is 0 Å². The minimum atomic E-state index is -0.280. The molecule has 1 atom stereocenters. The van der Waals surface area contributed by atoms with Crippen molar-refractivity contribution in [2.45, 2.75) is 25.8 Å². The number of hydrazone groups is 1. The number of benzene rings is 2. The number of urea groups is 1. The third kappa shape index (κ3) is 4.95.